The van der Waals surface area contributed by atoms with Gasteiger partial charge < -0.3 is 9.84 Å². The lowest BCUT2D eigenvalue weighted by Gasteiger charge is -2.04. The number of carboxylic acid groups (broad SMARTS) is 1. The van der Waals surface area contributed by atoms with E-state index in [-0.39, 0.29) is 6.42 Å². The molecule has 0 aliphatic heterocycles. The van der Waals surface area contributed by atoms with Gasteiger partial charge in [-0.05, 0) is 49.3 Å². The number of carbonyl (C=O) groups is 1. The normalized spacial score (nSPS) is 12.5. The summed E-state index contributed by atoms with van der Waals surface area (Å²) in [4.78, 5) is 10.4. The summed E-state index contributed by atoms with van der Waals surface area (Å²) in [6.07, 6.45) is 9.14. The zero-order valence-corrected chi connectivity index (χ0v) is 12.2. The molecule has 0 spiro atoms. The van der Waals surface area contributed by atoms with Gasteiger partial charge in [0.1, 0.15) is 5.75 Å². The Bertz CT molecular complexity index is 420. The van der Waals surface area contributed by atoms with E-state index in [9.17, 15) is 4.79 Å². The molecule has 0 amide bonds. The van der Waals surface area contributed by atoms with Gasteiger partial charge >= 0.3 is 5.97 Å². The number of rotatable bonds is 9. The van der Waals surface area contributed by atoms with Crippen LogP contribution in [0, 0.1) is 12.3 Å². The molecule has 0 saturated heterocycles. The molecule has 3 heteroatoms. The van der Waals surface area contributed by atoms with Crippen LogP contribution in [0.15, 0.2) is 36.4 Å². The second-order valence-corrected chi connectivity index (χ2v) is 4.92. The molecule has 1 radical (unpaired) electrons. The first-order valence-corrected chi connectivity index (χ1v) is 6.96. The van der Waals surface area contributed by atoms with E-state index < -0.39 is 5.97 Å². The van der Waals surface area contributed by atoms with Crippen molar-refractivity contribution in [1.82, 2.24) is 0 Å². The highest BCUT2D eigenvalue weighted by Gasteiger charge is 2.01. The maximum atomic E-state index is 10.4. The molecule has 1 aromatic rings. The van der Waals surface area contributed by atoms with Crippen molar-refractivity contribution in [3.63, 3.8) is 0 Å². The van der Waals surface area contributed by atoms with E-state index >= 15 is 0 Å². The Morgan fingerprint density at radius 2 is 2.05 bits per heavy atom. The smallest absolute Gasteiger partial charge is 0.303 e. The Labute approximate surface area is 121 Å². The van der Waals surface area contributed by atoms with Gasteiger partial charge in [-0.2, -0.15) is 0 Å². The minimum atomic E-state index is -0.728. The number of allylic oxidation sites excluding steroid dienone is 2. The predicted molar refractivity (Wildman–Crippen MR) is 80.8 cm³/mol. The SMILES string of the molecule is COc1ccc(CC[CH]C=CC(C)CCC(=O)O)cc1. The second-order valence-electron chi connectivity index (χ2n) is 4.92. The van der Waals surface area contributed by atoms with Crippen molar-refractivity contribution in [3.05, 3.63) is 48.4 Å². The molecule has 1 N–H and O–H groups in total. The lowest BCUT2D eigenvalue weighted by Crippen LogP contribution is -1.98. The molecule has 1 unspecified atom stereocenters. The van der Waals surface area contributed by atoms with Gasteiger partial charge in [-0.25, -0.2) is 0 Å². The van der Waals surface area contributed by atoms with Crippen LogP contribution >= 0.6 is 0 Å². The number of methoxy groups -OCH3 is 1. The summed E-state index contributed by atoms with van der Waals surface area (Å²) in [6, 6.07) is 8.09. The van der Waals surface area contributed by atoms with Crippen LogP contribution in [0.3, 0.4) is 0 Å². The number of hydrogen-bond donors (Lipinski definition) is 1. The molecule has 0 bridgehead atoms. The Morgan fingerprint density at radius 3 is 2.65 bits per heavy atom. The first-order chi connectivity index (χ1) is 9.61. The van der Waals surface area contributed by atoms with Gasteiger partial charge in [-0.15, -0.1) is 0 Å². The average Bonchev–Trinajstić information content (AvgIpc) is 2.45. The summed E-state index contributed by atoms with van der Waals surface area (Å²) in [5, 5.41) is 8.59. The molecule has 1 rings (SSSR count). The number of unbranched alkanes of at least 4 members (excludes halogenated alkanes) is 1. The van der Waals surface area contributed by atoms with Crippen molar-refractivity contribution in [2.45, 2.75) is 32.6 Å². The van der Waals surface area contributed by atoms with E-state index in [4.69, 9.17) is 9.84 Å². The molecule has 0 fully saturated rings. The van der Waals surface area contributed by atoms with Gasteiger partial charge in [-0.3, -0.25) is 4.79 Å². The number of aliphatic carboxylic acids is 1. The minimum Gasteiger partial charge on any atom is -0.497 e. The van der Waals surface area contributed by atoms with E-state index in [0.29, 0.717) is 12.3 Å². The van der Waals surface area contributed by atoms with E-state index in [1.165, 1.54) is 5.56 Å². The average molecular weight is 275 g/mol. The summed E-state index contributed by atoms with van der Waals surface area (Å²) < 4.78 is 5.12. The summed E-state index contributed by atoms with van der Waals surface area (Å²) in [5.74, 6) is 0.460. The fourth-order valence-electron chi connectivity index (χ4n) is 1.85. The standard InChI is InChI=1S/C17H23O3/c1-14(8-13-17(18)19)6-4-3-5-7-15-9-11-16(20-2)12-10-15/h3-4,6,9-12,14H,5,7-8,13H2,1-2H3,(H,18,19). The van der Waals surface area contributed by atoms with Gasteiger partial charge in [-0.1, -0.05) is 31.2 Å². The van der Waals surface area contributed by atoms with E-state index in [2.05, 4.69) is 24.6 Å². The predicted octanol–water partition coefficient (Wildman–Crippen LogP) is 3.89. The van der Waals surface area contributed by atoms with Crippen LogP contribution in [-0.2, 0) is 11.2 Å². The van der Waals surface area contributed by atoms with Crippen LogP contribution in [0.1, 0.15) is 31.7 Å². The third kappa shape index (κ3) is 6.98. The molecule has 1 aromatic carbocycles. The van der Waals surface area contributed by atoms with Gasteiger partial charge in [0.05, 0.1) is 7.11 Å². The minimum absolute atomic E-state index is 0.233. The van der Waals surface area contributed by atoms with Crippen LogP contribution in [-0.4, -0.2) is 18.2 Å². The van der Waals surface area contributed by atoms with Crippen molar-refractivity contribution in [2.75, 3.05) is 7.11 Å². The molecule has 0 saturated carbocycles. The molecule has 109 valence electrons. The maximum Gasteiger partial charge on any atom is 0.303 e. The Morgan fingerprint density at radius 1 is 1.35 bits per heavy atom. The number of carboxylic acids is 1. The maximum absolute atomic E-state index is 10.4. The fourth-order valence-corrected chi connectivity index (χ4v) is 1.85. The quantitative estimate of drug-likeness (QED) is 0.695. The zero-order chi connectivity index (χ0) is 14.8. The van der Waals surface area contributed by atoms with Crippen molar-refractivity contribution >= 4 is 5.97 Å². The number of aryl methyl sites for hydroxylation is 1. The largest absolute Gasteiger partial charge is 0.497 e. The molecule has 20 heavy (non-hydrogen) atoms. The van der Waals surface area contributed by atoms with Crippen molar-refractivity contribution in [3.8, 4) is 5.75 Å². The second kappa shape index (κ2) is 9.18. The third-order valence-electron chi connectivity index (χ3n) is 3.15. The lowest BCUT2D eigenvalue weighted by atomic mass is 10.0. The van der Waals surface area contributed by atoms with Gasteiger partial charge in [0.15, 0.2) is 0 Å². The van der Waals surface area contributed by atoms with Crippen LogP contribution < -0.4 is 4.74 Å². The first kappa shape index (κ1) is 16.3. The van der Waals surface area contributed by atoms with Gasteiger partial charge in [0.25, 0.3) is 0 Å². The molecule has 3 nitrogen and oxygen atoms in total. The molecular formula is C17H23O3. The molecular weight excluding hydrogens is 252 g/mol. The highest BCUT2D eigenvalue weighted by atomic mass is 16.5. The summed E-state index contributed by atoms with van der Waals surface area (Å²) in [7, 11) is 1.67. The topological polar surface area (TPSA) is 46.5 Å². The van der Waals surface area contributed by atoms with Gasteiger partial charge in [0, 0.05) is 6.42 Å². The molecule has 0 aliphatic rings. The summed E-state index contributed by atoms with van der Waals surface area (Å²) >= 11 is 0. The van der Waals surface area contributed by atoms with Crippen LogP contribution in [0.2, 0.25) is 0 Å². The van der Waals surface area contributed by atoms with Crippen molar-refractivity contribution < 1.29 is 14.6 Å². The first-order valence-electron chi connectivity index (χ1n) is 6.96. The van der Waals surface area contributed by atoms with Crippen molar-refractivity contribution in [2.24, 2.45) is 5.92 Å². The highest BCUT2D eigenvalue weighted by Crippen LogP contribution is 2.13. The summed E-state index contributed by atoms with van der Waals surface area (Å²) in [5.41, 5.74) is 1.29. The van der Waals surface area contributed by atoms with E-state index in [1.54, 1.807) is 7.11 Å². The van der Waals surface area contributed by atoms with Crippen LogP contribution in [0.5, 0.6) is 5.75 Å². The molecule has 1 atom stereocenters. The van der Waals surface area contributed by atoms with E-state index in [1.807, 2.05) is 25.1 Å². The highest BCUT2D eigenvalue weighted by molar-refractivity contribution is 5.66. The monoisotopic (exact) mass is 275 g/mol. The fraction of sp³-hybridized carbons (Fsp3) is 0.412. The Hall–Kier alpha value is -1.77. The van der Waals surface area contributed by atoms with Crippen LogP contribution in [0.4, 0.5) is 0 Å². The van der Waals surface area contributed by atoms with E-state index in [0.717, 1.165) is 18.6 Å². The summed E-state index contributed by atoms with van der Waals surface area (Å²) in [6.45, 7) is 2.04. The Balaban J connectivity index is 2.18. The molecule has 0 aromatic heterocycles. The zero-order valence-electron chi connectivity index (χ0n) is 12.2. The van der Waals surface area contributed by atoms with Crippen LogP contribution in [0.25, 0.3) is 0 Å². The van der Waals surface area contributed by atoms with Crippen molar-refractivity contribution in [1.29, 1.82) is 0 Å². The molecule has 0 heterocycles. The number of ether oxygens (including phenoxy) is 1. The number of hydrogen-bond acceptors (Lipinski definition) is 2. The lowest BCUT2D eigenvalue weighted by molar-refractivity contribution is -0.137. The Kier molecular flexibility index (Phi) is 7.48. The van der Waals surface area contributed by atoms with Gasteiger partial charge in [0.2, 0.25) is 0 Å². The number of benzene rings is 1. The molecule has 0 aliphatic carbocycles. The third-order valence-corrected chi connectivity index (χ3v) is 3.15.